The van der Waals surface area contributed by atoms with Crippen molar-refractivity contribution in [1.29, 1.82) is 0 Å². The normalized spacial score (nSPS) is 22.9. The van der Waals surface area contributed by atoms with E-state index >= 15 is 0 Å². The van der Waals surface area contributed by atoms with Crippen molar-refractivity contribution in [3.8, 4) is 11.5 Å². The molecule has 0 spiro atoms. The summed E-state index contributed by atoms with van der Waals surface area (Å²) in [6.45, 7) is 9.16. The van der Waals surface area contributed by atoms with Crippen LogP contribution in [0, 0.1) is 11.8 Å². The summed E-state index contributed by atoms with van der Waals surface area (Å²) >= 11 is 1.13. The number of thioether (sulfide) groups is 1. The van der Waals surface area contributed by atoms with Crippen LogP contribution in [-0.4, -0.2) is 27.5 Å². The largest absolute Gasteiger partial charge is 0.441 e. The highest BCUT2D eigenvalue weighted by atomic mass is 32.2. The van der Waals surface area contributed by atoms with Gasteiger partial charge < -0.3 is 9.15 Å². The average Bonchev–Trinajstić information content (AvgIpc) is 3.39. The number of carbonyl (C=O) groups is 2. The number of imide groups is 1. The number of nitrogens with one attached hydrogen (secondary N) is 1. The van der Waals surface area contributed by atoms with Crippen LogP contribution in [0.1, 0.15) is 89.2 Å². The minimum absolute atomic E-state index is 0.138. The monoisotopic (exact) mass is 498 g/mol. The number of oxazole rings is 1. The molecule has 2 aliphatic rings. The zero-order valence-electron chi connectivity index (χ0n) is 21.3. The van der Waals surface area contributed by atoms with Crippen molar-refractivity contribution in [2.75, 3.05) is 0 Å². The zero-order chi connectivity index (χ0) is 24.9. The molecule has 1 N–H and O–H groups in total. The number of benzene rings is 1. The highest BCUT2D eigenvalue weighted by molar-refractivity contribution is 8.15. The molecule has 2 fully saturated rings. The first-order valence-electron chi connectivity index (χ1n) is 13.0. The van der Waals surface area contributed by atoms with Crippen LogP contribution in [-0.2, 0) is 22.6 Å². The summed E-state index contributed by atoms with van der Waals surface area (Å²) in [5.41, 5.74) is 3.21. The first-order valence-corrected chi connectivity index (χ1v) is 13.9. The Morgan fingerprint density at radius 1 is 1.11 bits per heavy atom. The van der Waals surface area contributed by atoms with Crippen molar-refractivity contribution in [3.63, 3.8) is 0 Å². The third-order valence-electron chi connectivity index (χ3n) is 6.89. The smallest absolute Gasteiger partial charge is 0.286 e. The van der Waals surface area contributed by atoms with Crippen LogP contribution in [0.25, 0.3) is 11.5 Å². The van der Waals surface area contributed by atoms with Gasteiger partial charge in [0.1, 0.15) is 11.5 Å². The molecule has 2 aromatic rings. The number of hydrogen-bond donors (Lipinski definition) is 1. The van der Waals surface area contributed by atoms with Gasteiger partial charge in [-0.2, -0.15) is 0 Å². The molecule has 35 heavy (non-hydrogen) atoms. The Kier molecular flexibility index (Phi) is 8.71. The lowest BCUT2D eigenvalue weighted by Crippen LogP contribution is -2.26. The molecule has 1 aromatic carbocycles. The molecular formula is C28H38N2O4S. The van der Waals surface area contributed by atoms with Crippen molar-refractivity contribution in [3.05, 3.63) is 41.3 Å². The summed E-state index contributed by atoms with van der Waals surface area (Å²) in [6.07, 6.45) is 7.29. The number of aromatic nitrogens is 1. The van der Waals surface area contributed by atoms with Crippen molar-refractivity contribution >= 4 is 22.9 Å². The molecule has 2 heterocycles. The molecule has 3 unspecified atom stereocenters. The molecule has 6 nitrogen and oxygen atoms in total. The van der Waals surface area contributed by atoms with Gasteiger partial charge in [0.15, 0.2) is 0 Å². The average molecular weight is 499 g/mol. The summed E-state index contributed by atoms with van der Waals surface area (Å²) in [5, 5.41) is 1.94. The number of carbonyl (C=O) groups excluding carboxylic acids is 2. The van der Waals surface area contributed by atoms with Crippen LogP contribution >= 0.6 is 11.8 Å². The minimum Gasteiger partial charge on any atom is -0.441 e. The predicted molar refractivity (Wildman–Crippen MR) is 139 cm³/mol. The van der Waals surface area contributed by atoms with Gasteiger partial charge in [-0.05, 0) is 61.6 Å². The molecular weight excluding hydrogens is 460 g/mol. The van der Waals surface area contributed by atoms with Gasteiger partial charge in [-0.1, -0.05) is 64.4 Å². The lowest BCUT2D eigenvalue weighted by atomic mass is 9.84. The lowest BCUT2D eigenvalue weighted by Gasteiger charge is -2.29. The fourth-order valence-corrected chi connectivity index (χ4v) is 5.96. The molecule has 7 heteroatoms. The highest BCUT2D eigenvalue weighted by Gasteiger charge is 2.32. The van der Waals surface area contributed by atoms with Gasteiger partial charge in [-0.15, -0.1) is 0 Å². The van der Waals surface area contributed by atoms with E-state index in [1.54, 1.807) is 0 Å². The fraction of sp³-hybridized carbons (Fsp3) is 0.607. The Morgan fingerprint density at radius 2 is 1.89 bits per heavy atom. The summed E-state index contributed by atoms with van der Waals surface area (Å²) in [5.74, 6) is 2.80. The van der Waals surface area contributed by atoms with E-state index in [1.807, 2.05) is 0 Å². The number of rotatable bonds is 10. The Balaban J connectivity index is 1.34. The number of amides is 2. The predicted octanol–water partition coefficient (Wildman–Crippen LogP) is 6.87. The minimum atomic E-state index is -0.231. The molecule has 1 aliphatic carbocycles. The first-order chi connectivity index (χ1) is 16.8. The molecule has 2 amide bonds. The molecule has 4 rings (SSSR count). The summed E-state index contributed by atoms with van der Waals surface area (Å²) < 4.78 is 12.6. The van der Waals surface area contributed by atoms with Gasteiger partial charge in [-0.25, -0.2) is 4.98 Å². The van der Waals surface area contributed by atoms with Gasteiger partial charge in [0.25, 0.3) is 5.24 Å². The molecule has 3 atom stereocenters. The van der Waals surface area contributed by atoms with Crippen molar-refractivity contribution in [2.45, 2.75) is 96.5 Å². The van der Waals surface area contributed by atoms with Gasteiger partial charge >= 0.3 is 0 Å². The maximum atomic E-state index is 11.8. The fourth-order valence-electron chi connectivity index (χ4n) is 5.12. The third-order valence-corrected chi connectivity index (χ3v) is 7.94. The van der Waals surface area contributed by atoms with Crippen LogP contribution in [0.3, 0.4) is 0 Å². The Hall–Kier alpha value is -2.12. The van der Waals surface area contributed by atoms with E-state index in [1.165, 1.54) is 5.56 Å². The zero-order valence-corrected chi connectivity index (χ0v) is 22.2. The van der Waals surface area contributed by atoms with E-state index < -0.39 is 0 Å². The summed E-state index contributed by atoms with van der Waals surface area (Å²) in [4.78, 5) is 28.1. The summed E-state index contributed by atoms with van der Waals surface area (Å²) in [7, 11) is 0. The van der Waals surface area contributed by atoms with E-state index in [0.29, 0.717) is 24.3 Å². The van der Waals surface area contributed by atoms with Crippen LogP contribution < -0.4 is 5.32 Å². The van der Waals surface area contributed by atoms with Crippen LogP contribution in [0.5, 0.6) is 0 Å². The Morgan fingerprint density at radius 3 is 2.54 bits per heavy atom. The number of ether oxygens (including phenoxy) is 1. The van der Waals surface area contributed by atoms with Gasteiger partial charge in [0, 0.05) is 11.5 Å². The molecule has 0 radical (unpaired) electrons. The molecule has 1 aromatic heterocycles. The number of hydrogen-bond acceptors (Lipinski definition) is 6. The molecule has 1 aliphatic heterocycles. The van der Waals surface area contributed by atoms with Crippen molar-refractivity contribution in [2.24, 2.45) is 11.8 Å². The highest BCUT2D eigenvalue weighted by Crippen LogP contribution is 2.34. The maximum Gasteiger partial charge on any atom is 0.286 e. The van der Waals surface area contributed by atoms with E-state index in [0.717, 1.165) is 73.7 Å². The molecule has 190 valence electrons. The number of nitrogens with zero attached hydrogens (tertiary/aromatic N) is 1. The van der Waals surface area contributed by atoms with Gasteiger partial charge in [0.05, 0.1) is 18.0 Å². The van der Waals surface area contributed by atoms with Crippen LogP contribution in [0.4, 0.5) is 4.79 Å². The van der Waals surface area contributed by atoms with Gasteiger partial charge in [-0.3, -0.25) is 14.9 Å². The lowest BCUT2D eigenvalue weighted by molar-refractivity contribution is -0.119. The van der Waals surface area contributed by atoms with Gasteiger partial charge in [0.2, 0.25) is 11.8 Å². The Bertz CT molecular complexity index is 1010. The first kappa shape index (κ1) is 26.0. The van der Waals surface area contributed by atoms with E-state index in [9.17, 15) is 9.59 Å². The molecule has 1 saturated heterocycles. The van der Waals surface area contributed by atoms with E-state index in [4.69, 9.17) is 14.1 Å². The topological polar surface area (TPSA) is 81.4 Å². The molecule has 1 saturated carbocycles. The third kappa shape index (κ3) is 6.98. The van der Waals surface area contributed by atoms with Crippen LogP contribution in [0.2, 0.25) is 0 Å². The Labute approximate surface area is 213 Å². The second kappa shape index (κ2) is 11.7. The summed E-state index contributed by atoms with van der Waals surface area (Å²) in [6, 6.07) is 8.52. The second-order valence-electron chi connectivity index (χ2n) is 10.7. The van der Waals surface area contributed by atoms with Crippen molar-refractivity contribution < 1.29 is 18.7 Å². The van der Waals surface area contributed by atoms with E-state index in [2.05, 4.69) is 57.3 Å². The standard InChI is InChI=1S/C28H38N2O4S/c1-17(2)14-20-8-11-21(12-9-20)27-29-23(25(34-27)18(3)4)16-33-22-7-5-6-19(15-22)10-13-24-26(31)30-28(32)35-24/h8-9,11-12,17-19,22,24H,5-7,10,13-16H2,1-4H3,(H,30,31,32). The van der Waals surface area contributed by atoms with Crippen LogP contribution in [0.15, 0.2) is 28.7 Å². The SMILES string of the molecule is CC(C)Cc1ccc(-c2nc(COC3CCCC(CCC4SC(=O)NC4=O)C3)c(C(C)C)o2)cc1. The quantitative estimate of drug-likeness (QED) is 0.385. The molecule has 0 bridgehead atoms. The second-order valence-corrected chi connectivity index (χ2v) is 11.9. The van der Waals surface area contributed by atoms with E-state index in [-0.39, 0.29) is 28.4 Å². The maximum absolute atomic E-state index is 11.8. The van der Waals surface area contributed by atoms with Crippen molar-refractivity contribution in [1.82, 2.24) is 10.3 Å².